The van der Waals surface area contributed by atoms with Gasteiger partial charge < -0.3 is 10.2 Å². The molecule has 1 aliphatic rings. The van der Waals surface area contributed by atoms with Gasteiger partial charge in [0.1, 0.15) is 0 Å². The van der Waals surface area contributed by atoms with Crippen molar-refractivity contribution in [1.29, 1.82) is 0 Å². The zero-order valence-corrected chi connectivity index (χ0v) is 15.8. The van der Waals surface area contributed by atoms with Crippen molar-refractivity contribution in [2.45, 2.75) is 33.5 Å². The van der Waals surface area contributed by atoms with Gasteiger partial charge >= 0.3 is 0 Å². The Morgan fingerprint density at radius 2 is 1.68 bits per heavy atom. The highest BCUT2D eigenvalue weighted by molar-refractivity contribution is 5.25. The lowest BCUT2D eigenvalue weighted by atomic mass is 10.1. The Morgan fingerprint density at radius 1 is 0.960 bits per heavy atom. The molecule has 2 heterocycles. The van der Waals surface area contributed by atoms with Crippen molar-refractivity contribution in [3.05, 3.63) is 52.8 Å². The second kappa shape index (κ2) is 8.61. The van der Waals surface area contributed by atoms with Gasteiger partial charge in [-0.05, 0) is 32.0 Å². The first-order valence-electron chi connectivity index (χ1n) is 9.31. The largest absolute Gasteiger partial charge is 0.308 e. The average molecular weight is 342 g/mol. The number of rotatable bonds is 7. The van der Waals surface area contributed by atoms with E-state index in [-0.39, 0.29) is 0 Å². The van der Waals surface area contributed by atoms with Crippen molar-refractivity contribution in [3.63, 3.8) is 0 Å². The van der Waals surface area contributed by atoms with Crippen molar-refractivity contribution in [3.8, 4) is 0 Å². The van der Waals surface area contributed by atoms with E-state index >= 15 is 0 Å². The maximum atomic E-state index is 4.69. The summed E-state index contributed by atoms with van der Waals surface area (Å²) < 4.78 is 2.11. The normalized spacial score (nSPS) is 16.4. The molecule has 0 atom stereocenters. The highest BCUT2D eigenvalue weighted by Gasteiger charge is 2.13. The van der Waals surface area contributed by atoms with Crippen LogP contribution in [-0.4, -0.2) is 59.4 Å². The highest BCUT2D eigenvalue weighted by Crippen LogP contribution is 2.09. The van der Waals surface area contributed by atoms with E-state index in [1.54, 1.807) is 0 Å². The molecule has 0 radical (unpaired) electrons. The van der Waals surface area contributed by atoms with Gasteiger partial charge in [-0.3, -0.25) is 9.58 Å². The van der Waals surface area contributed by atoms with Gasteiger partial charge in [-0.25, -0.2) is 0 Å². The molecule has 1 aliphatic heterocycles. The van der Waals surface area contributed by atoms with Gasteiger partial charge in [0, 0.05) is 57.6 Å². The zero-order valence-electron chi connectivity index (χ0n) is 15.8. The SMILES string of the molecule is Cc1ccccc1CNCc1cn(CCN2CCN(C)CC2)nc1C. The summed E-state index contributed by atoms with van der Waals surface area (Å²) in [6.07, 6.45) is 2.20. The molecule has 1 N–H and O–H groups in total. The molecular formula is C20H31N5. The quantitative estimate of drug-likeness (QED) is 0.836. The second-order valence-electron chi connectivity index (χ2n) is 7.18. The Kier molecular flexibility index (Phi) is 6.24. The van der Waals surface area contributed by atoms with Gasteiger partial charge in [0.2, 0.25) is 0 Å². The number of piperazine rings is 1. The van der Waals surface area contributed by atoms with Gasteiger partial charge in [0.25, 0.3) is 0 Å². The summed E-state index contributed by atoms with van der Waals surface area (Å²) in [6, 6.07) is 8.55. The summed E-state index contributed by atoms with van der Waals surface area (Å²) in [5, 5.41) is 8.25. The first-order valence-corrected chi connectivity index (χ1v) is 9.31. The smallest absolute Gasteiger partial charge is 0.0638 e. The fraction of sp³-hybridized carbons (Fsp3) is 0.550. The molecule has 5 nitrogen and oxygen atoms in total. The molecule has 25 heavy (non-hydrogen) atoms. The van der Waals surface area contributed by atoms with E-state index in [1.807, 2.05) is 0 Å². The highest BCUT2D eigenvalue weighted by atomic mass is 15.3. The third kappa shape index (κ3) is 5.14. The number of hydrogen-bond acceptors (Lipinski definition) is 4. The molecule has 136 valence electrons. The number of nitrogens with zero attached hydrogens (tertiary/aromatic N) is 4. The van der Waals surface area contributed by atoms with Crippen LogP contribution < -0.4 is 5.32 Å². The predicted molar refractivity (Wildman–Crippen MR) is 103 cm³/mol. The van der Waals surface area contributed by atoms with E-state index in [1.165, 1.54) is 42.9 Å². The minimum absolute atomic E-state index is 0.870. The van der Waals surface area contributed by atoms with Crippen LogP contribution in [0.3, 0.4) is 0 Å². The van der Waals surface area contributed by atoms with Crippen molar-refractivity contribution >= 4 is 0 Å². The third-order valence-electron chi connectivity index (χ3n) is 5.18. The van der Waals surface area contributed by atoms with Crippen LogP contribution in [0, 0.1) is 13.8 Å². The summed E-state index contributed by atoms with van der Waals surface area (Å²) in [6.45, 7) is 12.8. The van der Waals surface area contributed by atoms with Crippen LogP contribution in [0.1, 0.15) is 22.4 Å². The van der Waals surface area contributed by atoms with E-state index in [9.17, 15) is 0 Å². The fourth-order valence-corrected chi connectivity index (χ4v) is 3.30. The summed E-state index contributed by atoms with van der Waals surface area (Å²) in [5.74, 6) is 0. The van der Waals surface area contributed by atoms with E-state index in [4.69, 9.17) is 5.10 Å². The average Bonchev–Trinajstić information content (AvgIpc) is 2.96. The number of aryl methyl sites for hydroxylation is 2. The number of aromatic nitrogens is 2. The fourth-order valence-electron chi connectivity index (χ4n) is 3.30. The standard InChI is InChI=1S/C20H31N5/c1-17-6-4-5-7-19(17)14-21-15-20-16-25(22-18(20)2)13-12-24-10-8-23(3)9-11-24/h4-7,16,21H,8-15H2,1-3H3. The van der Waals surface area contributed by atoms with Crippen LogP contribution in [0.5, 0.6) is 0 Å². The topological polar surface area (TPSA) is 36.3 Å². The molecule has 0 aliphatic carbocycles. The van der Waals surface area contributed by atoms with Crippen LogP contribution in [0.15, 0.2) is 30.5 Å². The maximum Gasteiger partial charge on any atom is 0.0638 e. The van der Waals surface area contributed by atoms with E-state index < -0.39 is 0 Å². The second-order valence-corrected chi connectivity index (χ2v) is 7.18. The van der Waals surface area contributed by atoms with Crippen molar-refractivity contribution in [1.82, 2.24) is 24.9 Å². The lowest BCUT2D eigenvalue weighted by Crippen LogP contribution is -2.45. The van der Waals surface area contributed by atoms with Gasteiger partial charge in [0.05, 0.1) is 12.2 Å². The lowest BCUT2D eigenvalue weighted by molar-refractivity contribution is 0.148. The lowest BCUT2D eigenvalue weighted by Gasteiger charge is -2.32. The molecule has 1 fully saturated rings. The van der Waals surface area contributed by atoms with Gasteiger partial charge in [0.15, 0.2) is 0 Å². The number of likely N-dealkylation sites (N-methyl/N-ethyl adjacent to an activating group) is 1. The van der Waals surface area contributed by atoms with Gasteiger partial charge in [-0.15, -0.1) is 0 Å². The van der Waals surface area contributed by atoms with Crippen molar-refractivity contribution in [2.75, 3.05) is 39.8 Å². The van der Waals surface area contributed by atoms with Crippen LogP contribution in [0.25, 0.3) is 0 Å². The summed E-state index contributed by atoms with van der Waals surface area (Å²) in [4.78, 5) is 4.93. The number of hydrogen-bond donors (Lipinski definition) is 1. The molecule has 1 aromatic carbocycles. The molecule has 0 spiro atoms. The summed E-state index contributed by atoms with van der Waals surface area (Å²) in [7, 11) is 2.20. The van der Waals surface area contributed by atoms with Crippen LogP contribution in [0.4, 0.5) is 0 Å². The minimum Gasteiger partial charge on any atom is -0.308 e. The van der Waals surface area contributed by atoms with Crippen molar-refractivity contribution in [2.24, 2.45) is 0 Å². The number of nitrogens with one attached hydrogen (secondary N) is 1. The predicted octanol–water partition coefficient (Wildman–Crippen LogP) is 2.04. The van der Waals surface area contributed by atoms with Crippen LogP contribution >= 0.6 is 0 Å². The third-order valence-corrected chi connectivity index (χ3v) is 5.18. The zero-order chi connectivity index (χ0) is 17.6. The molecular weight excluding hydrogens is 310 g/mol. The molecule has 3 rings (SSSR count). The molecule has 0 saturated carbocycles. The summed E-state index contributed by atoms with van der Waals surface area (Å²) >= 11 is 0. The van der Waals surface area contributed by atoms with E-state index in [0.29, 0.717) is 0 Å². The van der Waals surface area contributed by atoms with Gasteiger partial charge in [-0.1, -0.05) is 24.3 Å². The Bertz CT molecular complexity index is 670. The Labute approximate surface area is 151 Å². The molecule has 0 unspecified atom stereocenters. The monoisotopic (exact) mass is 341 g/mol. The molecule has 1 saturated heterocycles. The van der Waals surface area contributed by atoms with E-state index in [2.05, 4.69) is 71.2 Å². The molecule has 0 bridgehead atoms. The van der Waals surface area contributed by atoms with Crippen LogP contribution in [0.2, 0.25) is 0 Å². The first kappa shape index (κ1) is 18.1. The van der Waals surface area contributed by atoms with Crippen LogP contribution in [-0.2, 0) is 19.6 Å². The Morgan fingerprint density at radius 3 is 2.44 bits per heavy atom. The molecule has 1 aromatic heterocycles. The maximum absolute atomic E-state index is 4.69. The minimum atomic E-state index is 0.870. The molecule has 0 amide bonds. The Balaban J connectivity index is 1.46. The molecule has 5 heteroatoms. The molecule has 2 aromatic rings. The van der Waals surface area contributed by atoms with E-state index in [0.717, 1.165) is 31.9 Å². The number of benzene rings is 1. The first-order chi connectivity index (χ1) is 12.1. The van der Waals surface area contributed by atoms with Gasteiger partial charge in [-0.2, -0.15) is 5.10 Å². The van der Waals surface area contributed by atoms with Crippen molar-refractivity contribution < 1.29 is 0 Å². The Hall–Kier alpha value is -1.69. The summed E-state index contributed by atoms with van der Waals surface area (Å²) in [5.41, 5.74) is 5.14.